The van der Waals surface area contributed by atoms with Crippen LogP contribution in [0.2, 0.25) is 0 Å². The maximum atomic E-state index is 12.8. The summed E-state index contributed by atoms with van der Waals surface area (Å²) >= 11 is 1.48. The highest BCUT2D eigenvalue weighted by molar-refractivity contribution is 8.00. The molecule has 0 radical (unpaired) electrons. The first-order chi connectivity index (χ1) is 15.0. The quantitative estimate of drug-likeness (QED) is 0.424. The lowest BCUT2D eigenvalue weighted by Gasteiger charge is -2.52. The molecule has 160 valence electrons. The second-order valence-corrected chi connectivity index (χ2v) is 8.39. The number of hydrogen-bond donors (Lipinski definition) is 1. The molecule has 2 heterocycles. The molecule has 2 aromatic rings. The number of amides is 2. The van der Waals surface area contributed by atoms with Gasteiger partial charge in [-0.2, -0.15) is 0 Å². The van der Waals surface area contributed by atoms with Crippen molar-refractivity contribution in [2.45, 2.75) is 24.1 Å². The standard InChI is InChI=1S/C23H22N2O5S/c1-14-13-31-22-18(24-20(26)16-6-4-3-5-7-16)21(27)25(22)19(14)23(28)30-12-15-8-10-17(29-2)11-9-15/h3-11,18-19,22H,1,12-13H2,2H3,(H,24,26)/t18?,19?,22-/m1/s1. The van der Waals surface area contributed by atoms with E-state index in [4.69, 9.17) is 9.47 Å². The molecule has 8 heteroatoms. The van der Waals surface area contributed by atoms with Crippen LogP contribution >= 0.6 is 11.8 Å². The molecule has 1 N–H and O–H groups in total. The van der Waals surface area contributed by atoms with E-state index >= 15 is 0 Å². The molecule has 2 aliphatic rings. The molecule has 31 heavy (non-hydrogen) atoms. The molecule has 2 saturated heterocycles. The molecule has 0 aromatic heterocycles. The zero-order valence-corrected chi connectivity index (χ0v) is 17.8. The Balaban J connectivity index is 1.39. The topological polar surface area (TPSA) is 84.9 Å². The average Bonchev–Trinajstić information content (AvgIpc) is 2.81. The van der Waals surface area contributed by atoms with Gasteiger partial charge in [0.15, 0.2) is 6.04 Å². The van der Waals surface area contributed by atoms with Crippen molar-refractivity contribution in [1.82, 2.24) is 10.2 Å². The number of nitrogens with one attached hydrogen (secondary N) is 1. The molecule has 2 aromatic carbocycles. The van der Waals surface area contributed by atoms with Gasteiger partial charge in [-0.05, 0) is 35.4 Å². The Morgan fingerprint density at radius 3 is 2.55 bits per heavy atom. The SMILES string of the molecule is C=C1CS[C@@H]2C(NC(=O)c3ccccc3)C(=O)N2C1C(=O)OCc1ccc(OC)cc1. The fraction of sp³-hybridized carbons (Fsp3) is 0.261. The lowest BCUT2D eigenvalue weighted by molar-refractivity contribution is -0.163. The van der Waals surface area contributed by atoms with E-state index in [-0.39, 0.29) is 23.8 Å². The van der Waals surface area contributed by atoms with Crippen molar-refractivity contribution in [2.75, 3.05) is 12.9 Å². The second kappa shape index (κ2) is 8.85. The Morgan fingerprint density at radius 2 is 1.87 bits per heavy atom. The zero-order valence-electron chi connectivity index (χ0n) is 16.9. The molecule has 2 aliphatic heterocycles. The van der Waals surface area contributed by atoms with Crippen LogP contribution in [0, 0.1) is 0 Å². The third-order valence-electron chi connectivity index (χ3n) is 5.27. The van der Waals surface area contributed by atoms with E-state index < -0.39 is 18.1 Å². The minimum absolute atomic E-state index is 0.0839. The van der Waals surface area contributed by atoms with Gasteiger partial charge in [0.25, 0.3) is 5.91 Å². The van der Waals surface area contributed by atoms with Crippen LogP contribution in [0.3, 0.4) is 0 Å². The van der Waals surface area contributed by atoms with Gasteiger partial charge in [0, 0.05) is 11.3 Å². The van der Waals surface area contributed by atoms with E-state index in [2.05, 4.69) is 11.9 Å². The van der Waals surface area contributed by atoms with E-state index in [0.717, 1.165) is 5.56 Å². The van der Waals surface area contributed by atoms with Crippen molar-refractivity contribution in [3.05, 3.63) is 77.9 Å². The Labute approximate surface area is 184 Å². The van der Waals surface area contributed by atoms with Gasteiger partial charge < -0.3 is 19.7 Å². The molecule has 3 atom stereocenters. The van der Waals surface area contributed by atoms with Crippen LogP contribution < -0.4 is 10.1 Å². The number of esters is 1. The van der Waals surface area contributed by atoms with Crippen LogP contribution in [0.5, 0.6) is 5.75 Å². The number of thioether (sulfide) groups is 1. The number of hydrogen-bond acceptors (Lipinski definition) is 6. The van der Waals surface area contributed by atoms with E-state index in [1.54, 1.807) is 43.5 Å². The Hall–Kier alpha value is -3.26. The lowest BCUT2D eigenvalue weighted by Crippen LogP contribution is -2.74. The summed E-state index contributed by atoms with van der Waals surface area (Å²) in [4.78, 5) is 39.5. The van der Waals surface area contributed by atoms with Crippen molar-refractivity contribution in [3.63, 3.8) is 0 Å². The lowest BCUT2D eigenvalue weighted by atomic mass is 9.98. The number of fused-ring (bicyclic) bond motifs is 1. The van der Waals surface area contributed by atoms with Gasteiger partial charge in [0.05, 0.1) is 7.11 Å². The number of β-lactam (4-membered cyclic amide) rings is 1. The van der Waals surface area contributed by atoms with Crippen molar-refractivity contribution >= 4 is 29.5 Å². The Kier molecular flexibility index (Phi) is 5.99. The number of carbonyl (C=O) groups is 3. The van der Waals surface area contributed by atoms with Crippen LogP contribution in [0.4, 0.5) is 0 Å². The number of ether oxygens (including phenoxy) is 2. The minimum Gasteiger partial charge on any atom is -0.497 e. The number of nitrogens with zero attached hydrogens (tertiary/aromatic N) is 1. The Morgan fingerprint density at radius 1 is 1.16 bits per heavy atom. The summed E-state index contributed by atoms with van der Waals surface area (Å²) in [5.41, 5.74) is 1.90. The third kappa shape index (κ3) is 4.16. The summed E-state index contributed by atoms with van der Waals surface area (Å²) in [6.07, 6.45) is 0. The smallest absolute Gasteiger partial charge is 0.333 e. The highest BCUT2D eigenvalue weighted by Gasteiger charge is 2.56. The summed E-state index contributed by atoms with van der Waals surface area (Å²) in [7, 11) is 1.58. The maximum Gasteiger partial charge on any atom is 0.333 e. The molecule has 0 bridgehead atoms. The summed E-state index contributed by atoms with van der Waals surface area (Å²) in [6, 6.07) is 14.4. The summed E-state index contributed by atoms with van der Waals surface area (Å²) in [5.74, 6) is 0.0722. The molecule has 2 fully saturated rings. The van der Waals surface area contributed by atoms with Crippen LogP contribution in [0.1, 0.15) is 15.9 Å². The molecular formula is C23H22N2O5S. The van der Waals surface area contributed by atoms with Crippen LogP contribution in [0.25, 0.3) is 0 Å². The van der Waals surface area contributed by atoms with Gasteiger partial charge in [-0.3, -0.25) is 9.59 Å². The summed E-state index contributed by atoms with van der Waals surface area (Å²) in [5, 5.41) is 2.45. The first-order valence-corrected chi connectivity index (χ1v) is 10.8. The number of carbonyl (C=O) groups excluding carboxylic acids is 3. The van der Waals surface area contributed by atoms with E-state index in [1.165, 1.54) is 16.7 Å². The van der Waals surface area contributed by atoms with E-state index in [0.29, 0.717) is 22.6 Å². The molecular weight excluding hydrogens is 416 g/mol. The fourth-order valence-electron chi connectivity index (χ4n) is 3.59. The summed E-state index contributed by atoms with van der Waals surface area (Å²) in [6.45, 7) is 4.05. The molecule has 2 amide bonds. The summed E-state index contributed by atoms with van der Waals surface area (Å²) < 4.78 is 10.6. The fourth-order valence-corrected chi connectivity index (χ4v) is 4.89. The van der Waals surface area contributed by atoms with Crippen LogP contribution in [0.15, 0.2) is 66.7 Å². The largest absolute Gasteiger partial charge is 0.497 e. The van der Waals surface area contributed by atoms with Gasteiger partial charge in [-0.25, -0.2) is 4.79 Å². The van der Waals surface area contributed by atoms with Gasteiger partial charge >= 0.3 is 5.97 Å². The molecule has 0 saturated carbocycles. The van der Waals surface area contributed by atoms with Gasteiger partial charge in [-0.1, -0.05) is 36.9 Å². The highest BCUT2D eigenvalue weighted by Crippen LogP contribution is 2.40. The molecule has 0 spiro atoms. The second-order valence-electron chi connectivity index (χ2n) is 7.28. The molecule has 7 nitrogen and oxygen atoms in total. The van der Waals surface area contributed by atoms with Crippen molar-refractivity contribution in [2.24, 2.45) is 0 Å². The highest BCUT2D eigenvalue weighted by atomic mass is 32.2. The normalized spacial score (nSPS) is 22.2. The Bertz CT molecular complexity index is 1010. The molecule has 0 aliphatic carbocycles. The van der Waals surface area contributed by atoms with Crippen molar-refractivity contribution < 1.29 is 23.9 Å². The predicted molar refractivity (Wildman–Crippen MR) is 117 cm³/mol. The van der Waals surface area contributed by atoms with Crippen LogP contribution in [-0.4, -0.2) is 53.0 Å². The predicted octanol–water partition coefficient (Wildman–Crippen LogP) is 2.38. The van der Waals surface area contributed by atoms with Gasteiger partial charge in [0.2, 0.25) is 5.91 Å². The first-order valence-electron chi connectivity index (χ1n) is 9.76. The van der Waals surface area contributed by atoms with Crippen LogP contribution in [-0.2, 0) is 20.9 Å². The monoisotopic (exact) mass is 438 g/mol. The number of benzene rings is 2. The van der Waals surface area contributed by atoms with Crippen molar-refractivity contribution in [3.8, 4) is 5.75 Å². The van der Waals surface area contributed by atoms with Gasteiger partial charge in [-0.15, -0.1) is 11.8 Å². The zero-order chi connectivity index (χ0) is 22.0. The molecule has 4 rings (SSSR count). The third-order valence-corrected chi connectivity index (χ3v) is 6.65. The van der Waals surface area contributed by atoms with Crippen molar-refractivity contribution in [1.29, 1.82) is 0 Å². The number of methoxy groups -OCH3 is 1. The van der Waals surface area contributed by atoms with Gasteiger partial charge in [0.1, 0.15) is 23.8 Å². The number of rotatable bonds is 6. The molecule has 2 unspecified atom stereocenters. The minimum atomic E-state index is -0.845. The average molecular weight is 439 g/mol. The van der Waals surface area contributed by atoms with E-state index in [1.807, 2.05) is 18.2 Å². The first kappa shape index (κ1) is 21.0. The maximum absolute atomic E-state index is 12.8. The van der Waals surface area contributed by atoms with E-state index in [9.17, 15) is 14.4 Å².